The quantitative estimate of drug-likeness (QED) is 0.803. The first-order valence-corrected chi connectivity index (χ1v) is 5.14. The first-order chi connectivity index (χ1) is 8.09. The van der Waals surface area contributed by atoms with Gasteiger partial charge in [0.05, 0.1) is 5.56 Å². The number of aromatic carboxylic acids is 1. The van der Waals surface area contributed by atoms with Gasteiger partial charge >= 0.3 is 5.97 Å². The molecule has 86 valence electrons. The Kier molecular flexibility index (Phi) is 2.97. The lowest BCUT2D eigenvalue weighted by Gasteiger charge is -2.05. The van der Waals surface area contributed by atoms with Crippen molar-refractivity contribution in [3.05, 3.63) is 47.2 Å². The summed E-state index contributed by atoms with van der Waals surface area (Å²) in [5, 5.41) is 18.5. The number of para-hydroxylation sites is 1. The third-order valence-corrected chi connectivity index (χ3v) is 2.59. The largest absolute Gasteiger partial charge is 0.507 e. The van der Waals surface area contributed by atoms with Gasteiger partial charge in [0.15, 0.2) is 0 Å². The van der Waals surface area contributed by atoms with E-state index < -0.39 is 5.97 Å². The zero-order chi connectivity index (χ0) is 12.4. The normalized spacial score (nSPS) is 10.2. The van der Waals surface area contributed by atoms with Gasteiger partial charge in [-0.15, -0.1) is 0 Å². The number of carboxylic acids is 1. The molecule has 5 heteroatoms. The van der Waals surface area contributed by atoms with E-state index in [1.807, 2.05) is 0 Å². The lowest BCUT2D eigenvalue weighted by molar-refractivity contribution is 0.0696. The van der Waals surface area contributed by atoms with Crippen molar-refractivity contribution in [1.29, 1.82) is 0 Å². The summed E-state index contributed by atoms with van der Waals surface area (Å²) in [5.41, 5.74) is 0.927. The fraction of sp³-hybridized carbons (Fsp3) is 0. The molecule has 0 atom stereocenters. The van der Waals surface area contributed by atoms with Crippen LogP contribution >= 0.6 is 11.6 Å². The van der Waals surface area contributed by atoms with Crippen LogP contribution in [0.3, 0.4) is 0 Å². The number of nitrogens with zero attached hydrogens (tertiary/aromatic N) is 1. The van der Waals surface area contributed by atoms with Gasteiger partial charge in [0, 0.05) is 17.3 Å². The molecule has 0 unspecified atom stereocenters. The van der Waals surface area contributed by atoms with E-state index in [1.54, 1.807) is 18.2 Å². The van der Waals surface area contributed by atoms with E-state index in [1.165, 1.54) is 18.3 Å². The predicted molar refractivity (Wildman–Crippen MR) is 63.3 cm³/mol. The summed E-state index contributed by atoms with van der Waals surface area (Å²) in [6.07, 6.45) is 1.42. The van der Waals surface area contributed by atoms with E-state index in [-0.39, 0.29) is 16.5 Å². The van der Waals surface area contributed by atoms with Gasteiger partial charge in [-0.1, -0.05) is 29.8 Å². The van der Waals surface area contributed by atoms with Crippen molar-refractivity contribution in [2.45, 2.75) is 0 Å². The third kappa shape index (κ3) is 2.21. The van der Waals surface area contributed by atoms with Crippen molar-refractivity contribution in [1.82, 2.24) is 4.98 Å². The molecule has 0 spiro atoms. The number of carbonyl (C=O) groups is 1. The summed E-state index contributed by atoms with van der Waals surface area (Å²) in [5.74, 6) is -1.09. The minimum Gasteiger partial charge on any atom is -0.507 e. The van der Waals surface area contributed by atoms with Gasteiger partial charge in [-0.2, -0.15) is 0 Å². The van der Waals surface area contributed by atoms with E-state index in [9.17, 15) is 9.90 Å². The fourth-order valence-electron chi connectivity index (χ4n) is 1.46. The van der Waals surface area contributed by atoms with E-state index in [0.29, 0.717) is 11.1 Å². The van der Waals surface area contributed by atoms with Gasteiger partial charge in [0.1, 0.15) is 10.9 Å². The number of carboxylic acid groups (broad SMARTS) is 1. The predicted octanol–water partition coefficient (Wildman–Crippen LogP) is 2.81. The average molecular weight is 250 g/mol. The Morgan fingerprint density at radius 3 is 2.65 bits per heavy atom. The summed E-state index contributed by atoms with van der Waals surface area (Å²) < 4.78 is 0. The van der Waals surface area contributed by atoms with Gasteiger partial charge in [-0.05, 0) is 12.1 Å². The molecular formula is C12H8ClNO3. The summed E-state index contributed by atoms with van der Waals surface area (Å²) in [6, 6.07) is 7.99. The second kappa shape index (κ2) is 4.43. The lowest BCUT2D eigenvalue weighted by Crippen LogP contribution is -1.99. The van der Waals surface area contributed by atoms with Gasteiger partial charge in [0.2, 0.25) is 0 Å². The molecule has 17 heavy (non-hydrogen) atoms. The van der Waals surface area contributed by atoms with Crippen molar-refractivity contribution in [3.63, 3.8) is 0 Å². The molecule has 1 aromatic carbocycles. The number of hydrogen-bond donors (Lipinski definition) is 2. The smallest absolute Gasteiger partial charge is 0.338 e. The molecule has 0 radical (unpaired) electrons. The van der Waals surface area contributed by atoms with E-state index in [4.69, 9.17) is 16.7 Å². The first kappa shape index (κ1) is 11.4. The molecule has 4 nitrogen and oxygen atoms in total. The number of phenols is 1. The Balaban J connectivity index is 2.58. The van der Waals surface area contributed by atoms with Gasteiger partial charge in [0.25, 0.3) is 0 Å². The highest BCUT2D eigenvalue weighted by Gasteiger charge is 2.12. The third-order valence-electron chi connectivity index (χ3n) is 2.28. The maximum atomic E-state index is 10.9. The highest BCUT2D eigenvalue weighted by molar-refractivity contribution is 6.32. The summed E-state index contributed by atoms with van der Waals surface area (Å²) in [4.78, 5) is 14.7. The lowest BCUT2D eigenvalue weighted by atomic mass is 10.1. The Labute approximate surface area is 102 Å². The van der Waals surface area contributed by atoms with E-state index in [0.717, 1.165) is 0 Å². The van der Waals surface area contributed by atoms with Crippen LogP contribution in [0.25, 0.3) is 11.1 Å². The highest BCUT2D eigenvalue weighted by atomic mass is 35.5. The molecule has 0 bridgehead atoms. The topological polar surface area (TPSA) is 70.4 Å². The standard InChI is InChI=1S/C12H8ClNO3/c13-11-9(12(16)17)5-7(6-14-11)8-3-1-2-4-10(8)15/h1-6,15H,(H,16,17). The molecular weight excluding hydrogens is 242 g/mol. The number of pyridine rings is 1. The molecule has 0 saturated heterocycles. The monoisotopic (exact) mass is 249 g/mol. The molecule has 2 aromatic rings. The number of aromatic hydroxyl groups is 1. The summed E-state index contributed by atoms with van der Waals surface area (Å²) >= 11 is 5.66. The molecule has 2 N–H and O–H groups in total. The van der Waals surface area contributed by atoms with Crippen LogP contribution in [0.5, 0.6) is 5.75 Å². The van der Waals surface area contributed by atoms with Gasteiger partial charge < -0.3 is 10.2 Å². The summed E-state index contributed by atoms with van der Waals surface area (Å²) in [6.45, 7) is 0. The molecule has 0 aliphatic heterocycles. The minimum absolute atomic E-state index is 0.0629. The second-order valence-corrected chi connectivity index (χ2v) is 3.74. The van der Waals surface area contributed by atoms with Crippen LogP contribution in [0, 0.1) is 0 Å². The van der Waals surface area contributed by atoms with Crippen molar-refractivity contribution in [2.24, 2.45) is 0 Å². The summed E-state index contributed by atoms with van der Waals surface area (Å²) in [7, 11) is 0. The number of rotatable bonds is 2. The molecule has 2 rings (SSSR count). The van der Waals surface area contributed by atoms with Crippen LogP contribution in [-0.4, -0.2) is 21.2 Å². The van der Waals surface area contributed by atoms with E-state index >= 15 is 0 Å². The number of halogens is 1. The Morgan fingerprint density at radius 1 is 1.29 bits per heavy atom. The molecule has 0 amide bonds. The highest BCUT2D eigenvalue weighted by Crippen LogP contribution is 2.29. The Bertz CT molecular complexity index is 584. The van der Waals surface area contributed by atoms with Crippen LogP contribution in [0.4, 0.5) is 0 Å². The average Bonchev–Trinajstić information content (AvgIpc) is 2.30. The zero-order valence-corrected chi connectivity index (χ0v) is 9.35. The van der Waals surface area contributed by atoms with Crippen molar-refractivity contribution >= 4 is 17.6 Å². The van der Waals surface area contributed by atoms with Crippen molar-refractivity contribution in [2.75, 3.05) is 0 Å². The number of phenolic OH excluding ortho intramolecular Hbond substituents is 1. The second-order valence-electron chi connectivity index (χ2n) is 3.38. The van der Waals surface area contributed by atoms with Gasteiger partial charge in [-0.25, -0.2) is 9.78 Å². The van der Waals surface area contributed by atoms with Crippen molar-refractivity contribution < 1.29 is 15.0 Å². The maximum Gasteiger partial charge on any atom is 0.338 e. The number of hydrogen-bond acceptors (Lipinski definition) is 3. The Hall–Kier alpha value is -2.07. The van der Waals surface area contributed by atoms with Crippen LogP contribution in [0.1, 0.15) is 10.4 Å². The number of benzene rings is 1. The molecule has 1 aromatic heterocycles. The van der Waals surface area contributed by atoms with Crippen LogP contribution in [0.15, 0.2) is 36.5 Å². The first-order valence-electron chi connectivity index (χ1n) is 4.77. The van der Waals surface area contributed by atoms with Crippen LogP contribution in [-0.2, 0) is 0 Å². The SMILES string of the molecule is O=C(O)c1cc(-c2ccccc2O)cnc1Cl. The maximum absolute atomic E-state index is 10.9. The van der Waals surface area contributed by atoms with Crippen LogP contribution in [0.2, 0.25) is 5.15 Å². The molecule has 0 aliphatic carbocycles. The minimum atomic E-state index is -1.15. The molecule has 1 heterocycles. The molecule has 0 fully saturated rings. The molecule has 0 aliphatic rings. The zero-order valence-electron chi connectivity index (χ0n) is 8.59. The number of aromatic nitrogens is 1. The van der Waals surface area contributed by atoms with Crippen molar-refractivity contribution in [3.8, 4) is 16.9 Å². The fourth-order valence-corrected chi connectivity index (χ4v) is 1.65. The molecule has 0 saturated carbocycles. The Morgan fingerprint density at radius 2 is 2.00 bits per heavy atom. The van der Waals surface area contributed by atoms with Crippen LogP contribution < -0.4 is 0 Å². The van der Waals surface area contributed by atoms with E-state index in [2.05, 4.69) is 4.98 Å². The van der Waals surface area contributed by atoms with Gasteiger partial charge in [-0.3, -0.25) is 0 Å².